The van der Waals surface area contributed by atoms with E-state index < -0.39 is 0 Å². The van der Waals surface area contributed by atoms with Gasteiger partial charge in [0, 0.05) is 12.6 Å². The zero-order valence-electron chi connectivity index (χ0n) is 15.9. The second-order valence-corrected chi connectivity index (χ2v) is 6.50. The highest BCUT2D eigenvalue weighted by Crippen LogP contribution is 2.42. The first-order chi connectivity index (χ1) is 12.7. The van der Waals surface area contributed by atoms with Crippen LogP contribution in [0.15, 0.2) is 36.4 Å². The zero-order chi connectivity index (χ0) is 18.5. The summed E-state index contributed by atoms with van der Waals surface area (Å²) in [6, 6.07) is 12.6. The third kappa shape index (κ3) is 4.05. The Hall–Kier alpha value is -2.40. The second kappa shape index (κ2) is 8.32. The first-order valence-corrected chi connectivity index (χ1v) is 8.86. The van der Waals surface area contributed by atoms with Crippen LogP contribution in [0.1, 0.15) is 30.0 Å². The first kappa shape index (κ1) is 18.4. The minimum atomic E-state index is 0.333. The Bertz CT molecular complexity index is 700. The summed E-state index contributed by atoms with van der Waals surface area (Å²) < 4.78 is 21.6. The molecule has 3 rings (SSSR count). The number of benzene rings is 2. The number of hydrogen-bond donors (Lipinski definition) is 1. The van der Waals surface area contributed by atoms with E-state index in [9.17, 15) is 0 Å². The lowest BCUT2D eigenvalue weighted by molar-refractivity contribution is 0.323. The summed E-state index contributed by atoms with van der Waals surface area (Å²) in [6.45, 7) is 0.726. The van der Waals surface area contributed by atoms with Crippen LogP contribution in [0.5, 0.6) is 23.0 Å². The molecule has 0 bridgehead atoms. The van der Waals surface area contributed by atoms with Gasteiger partial charge >= 0.3 is 0 Å². The third-order valence-corrected chi connectivity index (χ3v) is 4.82. The van der Waals surface area contributed by atoms with Gasteiger partial charge in [-0.1, -0.05) is 12.1 Å². The maximum absolute atomic E-state index is 5.45. The van der Waals surface area contributed by atoms with Gasteiger partial charge in [0.1, 0.15) is 5.75 Å². The summed E-state index contributed by atoms with van der Waals surface area (Å²) >= 11 is 0. The minimum Gasteiger partial charge on any atom is -0.497 e. The van der Waals surface area contributed by atoms with Crippen LogP contribution in [0.2, 0.25) is 0 Å². The van der Waals surface area contributed by atoms with Crippen molar-refractivity contribution in [3.8, 4) is 23.0 Å². The fraction of sp³-hybridized carbons (Fsp3) is 0.429. The number of nitrogens with one attached hydrogen (secondary N) is 1. The molecule has 0 spiro atoms. The Morgan fingerprint density at radius 3 is 1.96 bits per heavy atom. The van der Waals surface area contributed by atoms with Crippen molar-refractivity contribution in [1.82, 2.24) is 5.32 Å². The van der Waals surface area contributed by atoms with Crippen LogP contribution >= 0.6 is 0 Å². The Morgan fingerprint density at radius 1 is 0.885 bits per heavy atom. The molecule has 0 amide bonds. The molecule has 1 fully saturated rings. The predicted molar refractivity (Wildman–Crippen MR) is 101 cm³/mol. The normalized spacial score (nSPS) is 14.6. The molecule has 2 aromatic carbocycles. The summed E-state index contributed by atoms with van der Waals surface area (Å²) in [7, 11) is 6.58. The van der Waals surface area contributed by atoms with Gasteiger partial charge in [0.15, 0.2) is 11.5 Å². The fourth-order valence-corrected chi connectivity index (χ4v) is 3.26. The van der Waals surface area contributed by atoms with Gasteiger partial charge < -0.3 is 24.3 Å². The lowest BCUT2D eigenvalue weighted by atomic mass is 10.0. The van der Waals surface area contributed by atoms with Crippen LogP contribution < -0.4 is 24.3 Å². The molecule has 5 nitrogen and oxygen atoms in total. The highest BCUT2D eigenvalue weighted by molar-refractivity contribution is 5.53. The molecule has 0 radical (unpaired) electrons. The molecule has 0 aliphatic heterocycles. The monoisotopic (exact) mass is 357 g/mol. The van der Waals surface area contributed by atoms with Crippen molar-refractivity contribution >= 4 is 0 Å². The summed E-state index contributed by atoms with van der Waals surface area (Å²) in [5, 5.41) is 3.70. The van der Waals surface area contributed by atoms with Crippen molar-refractivity contribution < 1.29 is 18.9 Å². The molecule has 1 saturated carbocycles. The van der Waals surface area contributed by atoms with Gasteiger partial charge in [-0.25, -0.2) is 0 Å². The first-order valence-electron chi connectivity index (χ1n) is 8.86. The van der Waals surface area contributed by atoms with Crippen molar-refractivity contribution in [3.63, 3.8) is 0 Å². The summed E-state index contributed by atoms with van der Waals surface area (Å²) in [5.74, 6) is 3.54. The van der Waals surface area contributed by atoms with E-state index in [0.717, 1.165) is 17.9 Å². The highest BCUT2D eigenvalue weighted by atomic mass is 16.5. The van der Waals surface area contributed by atoms with Crippen molar-refractivity contribution in [1.29, 1.82) is 0 Å². The predicted octanol–water partition coefficient (Wildman–Crippen LogP) is 3.96. The van der Waals surface area contributed by atoms with E-state index in [1.54, 1.807) is 28.4 Å². The quantitative estimate of drug-likeness (QED) is 0.736. The van der Waals surface area contributed by atoms with Gasteiger partial charge in [-0.3, -0.25) is 0 Å². The maximum atomic E-state index is 5.45. The Balaban J connectivity index is 1.77. The molecule has 2 aromatic rings. The molecular formula is C21H27NO4. The van der Waals surface area contributed by atoms with Crippen molar-refractivity contribution in [2.45, 2.75) is 25.4 Å². The second-order valence-electron chi connectivity index (χ2n) is 6.50. The smallest absolute Gasteiger partial charge is 0.203 e. The van der Waals surface area contributed by atoms with Gasteiger partial charge in [0.05, 0.1) is 28.4 Å². The van der Waals surface area contributed by atoms with Crippen molar-refractivity contribution in [2.75, 3.05) is 28.4 Å². The van der Waals surface area contributed by atoms with Crippen LogP contribution in [0.25, 0.3) is 0 Å². The SMILES string of the molecule is COc1ccc(C(NCc2cc(OC)c(OC)c(OC)c2)C2CC2)cc1. The van der Waals surface area contributed by atoms with Gasteiger partial charge in [-0.05, 0) is 54.2 Å². The average molecular weight is 357 g/mol. The largest absolute Gasteiger partial charge is 0.497 e. The van der Waals surface area contributed by atoms with Gasteiger partial charge in [-0.15, -0.1) is 0 Å². The molecule has 1 N–H and O–H groups in total. The third-order valence-electron chi connectivity index (χ3n) is 4.82. The summed E-state index contributed by atoms with van der Waals surface area (Å²) in [6.07, 6.45) is 2.53. The fourth-order valence-electron chi connectivity index (χ4n) is 3.26. The van der Waals surface area contributed by atoms with E-state index in [4.69, 9.17) is 18.9 Å². The zero-order valence-corrected chi connectivity index (χ0v) is 15.9. The molecule has 1 aliphatic rings. The number of hydrogen-bond acceptors (Lipinski definition) is 5. The number of rotatable bonds is 9. The van der Waals surface area contributed by atoms with Crippen LogP contribution in [-0.4, -0.2) is 28.4 Å². The molecule has 1 aliphatic carbocycles. The van der Waals surface area contributed by atoms with Crippen molar-refractivity contribution in [2.24, 2.45) is 5.92 Å². The summed E-state index contributed by atoms with van der Waals surface area (Å²) in [4.78, 5) is 0. The molecule has 1 atom stereocenters. The molecule has 0 heterocycles. The number of methoxy groups -OCH3 is 4. The molecule has 140 valence electrons. The topological polar surface area (TPSA) is 49.0 Å². The van der Waals surface area contributed by atoms with E-state index in [0.29, 0.717) is 29.2 Å². The van der Waals surface area contributed by atoms with Crippen molar-refractivity contribution in [3.05, 3.63) is 47.5 Å². The molecule has 0 aromatic heterocycles. The average Bonchev–Trinajstić information content (AvgIpc) is 3.52. The van der Waals surface area contributed by atoms with Crippen LogP contribution in [0, 0.1) is 5.92 Å². The lowest BCUT2D eigenvalue weighted by Gasteiger charge is -2.20. The molecule has 0 saturated heterocycles. The van der Waals surface area contributed by atoms with Crippen LogP contribution in [-0.2, 0) is 6.54 Å². The molecule has 1 unspecified atom stereocenters. The Labute approximate surface area is 155 Å². The molecule has 5 heteroatoms. The standard InChI is InChI=1S/C21H27NO4/c1-23-17-9-7-16(8-10-17)20(15-5-6-15)22-13-14-11-18(24-2)21(26-4)19(12-14)25-3/h7-12,15,20,22H,5-6,13H2,1-4H3. The maximum Gasteiger partial charge on any atom is 0.203 e. The Morgan fingerprint density at radius 2 is 1.50 bits per heavy atom. The van der Waals surface area contributed by atoms with E-state index in [-0.39, 0.29) is 0 Å². The number of ether oxygens (including phenoxy) is 4. The summed E-state index contributed by atoms with van der Waals surface area (Å²) in [5.41, 5.74) is 2.39. The van der Waals surface area contributed by atoms with E-state index >= 15 is 0 Å². The van der Waals surface area contributed by atoms with E-state index in [1.807, 2.05) is 24.3 Å². The van der Waals surface area contributed by atoms with E-state index in [2.05, 4.69) is 17.4 Å². The lowest BCUT2D eigenvalue weighted by Crippen LogP contribution is -2.22. The molecular weight excluding hydrogens is 330 g/mol. The Kier molecular flexibility index (Phi) is 5.89. The van der Waals surface area contributed by atoms with Gasteiger partial charge in [0.25, 0.3) is 0 Å². The van der Waals surface area contributed by atoms with E-state index in [1.165, 1.54) is 18.4 Å². The van der Waals surface area contributed by atoms with Crippen LogP contribution in [0.4, 0.5) is 0 Å². The highest BCUT2D eigenvalue weighted by Gasteiger charge is 2.32. The minimum absolute atomic E-state index is 0.333. The van der Waals surface area contributed by atoms with Gasteiger partial charge in [0.2, 0.25) is 5.75 Å². The molecule has 26 heavy (non-hydrogen) atoms. The van der Waals surface area contributed by atoms with Gasteiger partial charge in [-0.2, -0.15) is 0 Å². The van der Waals surface area contributed by atoms with Crippen LogP contribution in [0.3, 0.4) is 0 Å².